The lowest BCUT2D eigenvalue weighted by molar-refractivity contribution is -0.111. The predicted octanol–water partition coefficient (Wildman–Crippen LogP) is 3.47. The van der Waals surface area contributed by atoms with Crippen LogP contribution < -0.4 is 11.1 Å². The van der Waals surface area contributed by atoms with E-state index in [1.807, 2.05) is 42.5 Å². The summed E-state index contributed by atoms with van der Waals surface area (Å²) in [6.07, 6.45) is 6.75. The molecule has 1 aromatic heterocycles. The third-order valence-corrected chi connectivity index (χ3v) is 3.25. The summed E-state index contributed by atoms with van der Waals surface area (Å²) in [6, 6.07) is 15.0. The third-order valence-electron chi connectivity index (χ3n) is 3.25. The van der Waals surface area contributed by atoms with Crippen molar-refractivity contribution in [1.82, 2.24) is 4.98 Å². The number of amides is 1. The molecule has 3 rings (SSSR count). The van der Waals surface area contributed by atoms with Crippen LogP contribution in [-0.4, -0.2) is 10.9 Å². The minimum absolute atomic E-state index is 0.184. The fourth-order valence-corrected chi connectivity index (χ4v) is 2.18. The first kappa shape index (κ1) is 13.8. The highest BCUT2D eigenvalue weighted by atomic mass is 16.1. The lowest BCUT2D eigenvalue weighted by atomic mass is 10.1. The maximum atomic E-state index is 12.0. The molecule has 108 valence electrons. The van der Waals surface area contributed by atoms with Crippen molar-refractivity contribution < 1.29 is 4.79 Å². The molecule has 0 saturated carbocycles. The number of nitrogen functional groups attached to an aromatic ring is 1. The van der Waals surface area contributed by atoms with Crippen LogP contribution in [0, 0.1) is 0 Å². The molecule has 0 aliphatic heterocycles. The SMILES string of the molecule is Nc1cccc(/C=C/C(=O)Nc2ccc3cnccc3c2)c1. The van der Waals surface area contributed by atoms with Crippen molar-refractivity contribution in [3.05, 3.63) is 72.6 Å². The lowest BCUT2D eigenvalue weighted by Gasteiger charge is -2.04. The van der Waals surface area contributed by atoms with Crippen molar-refractivity contribution in [2.24, 2.45) is 0 Å². The Labute approximate surface area is 128 Å². The number of carbonyl (C=O) groups is 1. The Hall–Kier alpha value is -3.14. The second kappa shape index (κ2) is 6.10. The molecule has 3 N–H and O–H groups in total. The summed E-state index contributed by atoms with van der Waals surface area (Å²) in [5, 5.41) is 4.91. The van der Waals surface area contributed by atoms with Gasteiger partial charge in [0.15, 0.2) is 0 Å². The first-order valence-corrected chi connectivity index (χ1v) is 6.89. The number of benzene rings is 2. The molecule has 0 saturated heterocycles. The van der Waals surface area contributed by atoms with Gasteiger partial charge in [-0.25, -0.2) is 0 Å². The van der Waals surface area contributed by atoms with E-state index in [2.05, 4.69) is 10.3 Å². The summed E-state index contributed by atoms with van der Waals surface area (Å²) in [4.78, 5) is 16.0. The summed E-state index contributed by atoms with van der Waals surface area (Å²) in [7, 11) is 0. The number of hydrogen-bond acceptors (Lipinski definition) is 3. The molecule has 0 fully saturated rings. The first-order chi connectivity index (χ1) is 10.7. The van der Waals surface area contributed by atoms with Crippen LogP contribution in [0.3, 0.4) is 0 Å². The number of fused-ring (bicyclic) bond motifs is 1. The van der Waals surface area contributed by atoms with Crippen molar-refractivity contribution in [2.45, 2.75) is 0 Å². The zero-order chi connectivity index (χ0) is 15.4. The molecule has 4 nitrogen and oxygen atoms in total. The average molecular weight is 289 g/mol. The second-order valence-corrected chi connectivity index (χ2v) is 4.93. The van der Waals surface area contributed by atoms with E-state index in [1.54, 1.807) is 24.5 Å². The fraction of sp³-hybridized carbons (Fsp3) is 0. The van der Waals surface area contributed by atoms with Gasteiger partial charge in [0.1, 0.15) is 0 Å². The monoisotopic (exact) mass is 289 g/mol. The number of nitrogens with zero attached hydrogens (tertiary/aromatic N) is 1. The Bertz CT molecular complexity index is 856. The number of pyridine rings is 1. The largest absolute Gasteiger partial charge is 0.399 e. The normalized spacial score (nSPS) is 10.9. The van der Waals surface area contributed by atoms with Gasteiger partial charge in [0.05, 0.1) is 0 Å². The van der Waals surface area contributed by atoms with Crippen LogP contribution in [0.1, 0.15) is 5.56 Å². The molecule has 0 aliphatic rings. The van der Waals surface area contributed by atoms with Crippen LogP contribution in [0.2, 0.25) is 0 Å². The van der Waals surface area contributed by atoms with E-state index >= 15 is 0 Å². The molecule has 0 radical (unpaired) electrons. The Morgan fingerprint density at radius 1 is 1.09 bits per heavy atom. The van der Waals surface area contributed by atoms with Gasteiger partial charge in [-0.2, -0.15) is 0 Å². The molecule has 0 spiro atoms. The first-order valence-electron chi connectivity index (χ1n) is 6.89. The highest BCUT2D eigenvalue weighted by Gasteiger charge is 2.00. The maximum Gasteiger partial charge on any atom is 0.248 e. The van der Waals surface area contributed by atoms with E-state index in [4.69, 9.17) is 5.73 Å². The highest BCUT2D eigenvalue weighted by molar-refractivity contribution is 6.03. The lowest BCUT2D eigenvalue weighted by Crippen LogP contribution is -2.07. The number of anilines is 2. The van der Waals surface area contributed by atoms with Crippen molar-refractivity contribution in [2.75, 3.05) is 11.1 Å². The molecular formula is C18H15N3O. The van der Waals surface area contributed by atoms with E-state index < -0.39 is 0 Å². The molecule has 0 bridgehead atoms. The summed E-state index contributed by atoms with van der Waals surface area (Å²) >= 11 is 0. The van der Waals surface area contributed by atoms with E-state index in [9.17, 15) is 4.79 Å². The van der Waals surface area contributed by atoms with Gasteiger partial charge < -0.3 is 11.1 Å². The van der Waals surface area contributed by atoms with Crippen LogP contribution in [0.15, 0.2) is 67.0 Å². The van der Waals surface area contributed by atoms with Gasteiger partial charge in [-0.15, -0.1) is 0 Å². The number of aromatic nitrogens is 1. The number of carbonyl (C=O) groups excluding carboxylic acids is 1. The molecule has 1 heterocycles. The number of nitrogens with one attached hydrogen (secondary N) is 1. The minimum atomic E-state index is -0.184. The van der Waals surface area contributed by atoms with Crippen molar-refractivity contribution >= 4 is 34.1 Å². The molecule has 0 atom stereocenters. The van der Waals surface area contributed by atoms with Crippen LogP contribution in [-0.2, 0) is 4.79 Å². The van der Waals surface area contributed by atoms with Gasteiger partial charge in [0.25, 0.3) is 0 Å². The summed E-state index contributed by atoms with van der Waals surface area (Å²) in [5.74, 6) is -0.184. The van der Waals surface area contributed by atoms with E-state index in [0.717, 1.165) is 22.0 Å². The van der Waals surface area contributed by atoms with Crippen molar-refractivity contribution in [3.8, 4) is 0 Å². The predicted molar refractivity (Wildman–Crippen MR) is 90.3 cm³/mol. The quantitative estimate of drug-likeness (QED) is 0.573. The molecule has 22 heavy (non-hydrogen) atoms. The smallest absolute Gasteiger partial charge is 0.248 e. The van der Waals surface area contributed by atoms with Crippen molar-refractivity contribution in [3.63, 3.8) is 0 Å². The number of rotatable bonds is 3. The molecule has 3 aromatic rings. The topological polar surface area (TPSA) is 68.0 Å². The van der Waals surface area contributed by atoms with Gasteiger partial charge in [-0.05, 0) is 47.4 Å². The molecule has 0 aliphatic carbocycles. The van der Waals surface area contributed by atoms with Gasteiger partial charge in [-0.3, -0.25) is 9.78 Å². The highest BCUT2D eigenvalue weighted by Crippen LogP contribution is 2.18. The van der Waals surface area contributed by atoms with Gasteiger partial charge in [0, 0.05) is 35.2 Å². The molecule has 4 heteroatoms. The van der Waals surface area contributed by atoms with Crippen LogP contribution in [0.25, 0.3) is 16.8 Å². The van der Waals surface area contributed by atoms with Crippen LogP contribution in [0.4, 0.5) is 11.4 Å². The van der Waals surface area contributed by atoms with Gasteiger partial charge in [-0.1, -0.05) is 18.2 Å². The Morgan fingerprint density at radius 3 is 2.86 bits per heavy atom. The molecular weight excluding hydrogens is 274 g/mol. The molecule has 2 aromatic carbocycles. The standard InChI is InChI=1S/C18H15N3O/c19-16-3-1-2-13(10-16)4-7-18(22)21-17-6-5-15-12-20-9-8-14(15)11-17/h1-12H,19H2,(H,21,22)/b7-4+. The van der Waals surface area contributed by atoms with Crippen LogP contribution >= 0.6 is 0 Å². The maximum absolute atomic E-state index is 12.0. The van der Waals surface area contributed by atoms with Gasteiger partial charge in [0.2, 0.25) is 5.91 Å². The van der Waals surface area contributed by atoms with E-state index in [-0.39, 0.29) is 5.91 Å². The van der Waals surface area contributed by atoms with Gasteiger partial charge >= 0.3 is 0 Å². The minimum Gasteiger partial charge on any atom is -0.399 e. The summed E-state index contributed by atoms with van der Waals surface area (Å²) in [5.41, 5.74) is 8.01. The molecule has 0 unspecified atom stereocenters. The molecule has 1 amide bonds. The Balaban J connectivity index is 1.72. The van der Waals surface area contributed by atoms with Crippen LogP contribution in [0.5, 0.6) is 0 Å². The summed E-state index contributed by atoms with van der Waals surface area (Å²) in [6.45, 7) is 0. The zero-order valence-electron chi connectivity index (χ0n) is 11.9. The second-order valence-electron chi connectivity index (χ2n) is 4.93. The third kappa shape index (κ3) is 3.30. The fourth-order valence-electron chi connectivity index (χ4n) is 2.18. The van der Waals surface area contributed by atoms with Crippen molar-refractivity contribution in [1.29, 1.82) is 0 Å². The number of hydrogen-bond donors (Lipinski definition) is 2. The zero-order valence-corrected chi connectivity index (χ0v) is 11.9. The number of nitrogens with two attached hydrogens (primary N) is 1. The Morgan fingerprint density at radius 2 is 2.00 bits per heavy atom. The average Bonchev–Trinajstić information content (AvgIpc) is 2.53. The Kier molecular flexibility index (Phi) is 3.83. The summed E-state index contributed by atoms with van der Waals surface area (Å²) < 4.78 is 0. The van der Waals surface area contributed by atoms with E-state index in [1.165, 1.54) is 6.08 Å². The van der Waals surface area contributed by atoms with E-state index in [0.29, 0.717) is 5.69 Å².